The summed E-state index contributed by atoms with van der Waals surface area (Å²) < 4.78 is 6.67. The molecule has 0 bridgehead atoms. The van der Waals surface area contributed by atoms with Crippen LogP contribution < -0.4 is 17.7 Å². The predicted molar refractivity (Wildman–Crippen MR) is 117 cm³/mol. The number of halogens is 2. The van der Waals surface area contributed by atoms with Gasteiger partial charge in [-0.2, -0.15) is 0 Å². The highest BCUT2D eigenvalue weighted by Gasteiger charge is 2.25. The molecule has 2 N–H and O–H groups in total. The Bertz CT molecular complexity index is 1010. The number of hydrogen-bond donors (Lipinski definition) is 2. The fraction of sp³-hybridized carbons (Fsp3) is 0.348. The first-order valence-corrected chi connectivity index (χ1v) is 10.4. The van der Waals surface area contributed by atoms with Crippen LogP contribution in [0.25, 0.3) is 10.9 Å². The van der Waals surface area contributed by atoms with Crippen molar-refractivity contribution in [2.45, 2.75) is 25.5 Å². The van der Waals surface area contributed by atoms with E-state index in [-0.39, 0.29) is 18.3 Å². The van der Waals surface area contributed by atoms with Crippen molar-refractivity contribution in [1.29, 1.82) is 0 Å². The molecule has 1 fully saturated rings. The second kappa shape index (κ2) is 9.40. The molecule has 1 aliphatic rings. The van der Waals surface area contributed by atoms with Crippen LogP contribution >= 0.6 is 11.6 Å². The van der Waals surface area contributed by atoms with Crippen LogP contribution in [0.5, 0.6) is 0 Å². The van der Waals surface area contributed by atoms with Gasteiger partial charge in [0.1, 0.15) is 24.9 Å². The molecule has 1 amide bonds. The SMILES string of the molecule is C[N+](C)(Cc1ccc(NC(=O)c2cc3cc(Cl)ccc3[nH]2)cc1)CC1CCCO1.[Cl-]. The first-order valence-electron chi connectivity index (χ1n) is 10.0. The molecule has 0 radical (unpaired) electrons. The number of nitrogens with zero attached hydrogens (tertiary/aromatic N) is 1. The molecule has 1 unspecified atom stereocenters. The standard InChI is InChI=1S/C23H26ClN3O2.ClH/c1-27(2,15-20-4-3-11-29-20)14-16-5-8-19(9-6-16)25-23(28)22-13-17-12-18(24)7-10-21(17)26-22;/h5-10,12-13,20H,3-4,11,14-15H2,1-2H3,(H-,25,26,28);1H. The summed E-state index contributed by atoms with van der Waals surface area (Å²) in [4.78, 5) is 15.7. The van der Waals surface area contributed by atoms with Gasteiger partial charge in [-0.05, 0) is 49.2 Å². The van der Waals surface area contributed by atoms with Crippen molar-refractivity contribution in [2.24, 2.45) is 0 Å². The zero-order valence-corrected chi connectivity index (χ0v) is 18.8. The fourth-order valence-corrected chi connectivity index (χ4v) is 4.20. The molecule has 2 heterocycles. The van der Waals surface area contributed by atoms with E-state index in [1.807, 2.05) is 30.3 Å². The molecule has 1 atom stereocenters. The molecule has 0 spiro atoms. The minimum Gasteiger partial charge on any atom is -1.00 e. The molecule has 0 saturated carbocycles. The Kier molecular flexibility index (Phi) is 7.09. The van der Waals surface area contributed by atoms with E-state index >= 15 is 0 Å². The van der Waals surface area contributed by atoms with Gasteiger partial charge in [0.25, 0.3) is 5.91 Å². The van der Waals surface area contributed by atoms with Gasteiger partial charge in [-0.1, -0.05) is 23.7 Å². The van der Waals surface area contributed by atoms with Crippen LogP contribution in [-0.2, 0) is 11.3 Å². The number of anilines is 1. The van der Waals surface area contributed by atoms with Crippen molar-refractivity contribution in [3.05, 3.63) is 64.8 Å². The first kappa shape index (κ1) is 22.6. The minimum atomic E-state index is -0.167. The number of rotatable bonds is 6. The Hall–Kier alpha value is -2.05. The average molecular weight is 448 g/mol. The summed E-state index contributed by atoms with van der Waals surface area (Å²) >= 11 is 6.02. The molecular weight excluding hydrogens is 421 g/mol. The second-order valence-electron chi connectivity index (χ2n) is 8.48. The van der Waals surface area contributed by atoms with Gasteiger partial charge < -0.3 is 31.9 Å². The number of nitrogens with one attached hydrogen (secondary N) is 2. The predicted octanol–water partition coefficient (Wildman–Crippen LogP) is 1.83. The number of likely N-dealkylation sites (N-methyl/N-ethyl adjacent to an activating group) is 1. The number of H-pyrrole nitrogens is 1. The lowest BCUT2D eigenvalue weighted by molar-refractivity contribution is -0.906. The number of fused-ring (bicyclic) bond motifs is 1. The smallest absolute Gasteiger partial charge is 0.272 e. The number of amides is 1. The summed E-state index contributed by atoms with van der Waals surface area (Å²) in [6.07, 6.45) is 2.70. The van der Waals surface area contributed by atoms with Crippen LogP contribution in [0.4, 0.5) is 5.69 Å². The second-order valence-corrected chi connectivity index (χ2v) is 8.91. The number of carbonyl (C=O) groups excluding carboxylic acids is 1. The zero-order chi connectivity index (χ0) is 20.4. The molecule has 1 aromatic heterocycles. The molecule has 4 rings (SSSR count). The van der Waals surface area contributed by atoms with Crippen molar-refractivity contribution < 1.29 is 26.4 Å². The maximum absolute atomic E-state index is 12.6. The number of ether oxygens (including phenoxy) is 1. The van der Waals surface area contributed by atoms with Crippen LogP contribution in [0.15, 0.2) is 48.5 Å². The van der Waals surface area contributed by atoms with Gasteiger partial charge in [0, 0.05) is 33.8 Å². The Labute approximate surface area is 188 Å². The Balaban J connectivity index is 0.00000256. The van der Waals surface area contributed by atoms with E-state index < -0.39 is 0 Å². The summed E-state index contributed by atoms with van der Waals surface area (Å²) in [5, 5.41) is 4.53. The number of hydrogen-bond acceptors (Lipinski definition) is 2. The van der Waals surface area contributed by atoms with Gasteiger partial charge in [0.2, 0.25) is 0 Å². The first-order chi connectivity index (χ1) is 13.9. The minimum absolute atomic E-state index is 0. The molecule has 30 heavy (non-hydrogen) atoms. The summed E-state index contributed by atoms with van der Waals surface area (Å²) in [5.41, 5.74) is 3.42. The highest BCUT2D eigenvalue weighted by atomic mass is 35.5. The van der Waals surface area contributed by atoms with Gasteiger partial charge in [-0.15, -0.1) is 0 Å². The molecule has 0 aliphatic carbocycles. The number of benzene rings is 2. The van der Waals surface area contributed by atoms with E-state index in [2.05, 4.69) is 36.5 Å². The van der Waals surface area contributed by atoms with Crippen molar-refractivity contribution in [3.63, 3.8) is 0 Å². The number of carbonyl (C=O) groups is 1. The van der Waals surface area contributed by atoms with Crippen molar-refractivity contribution in [1.82, 2.24) is 4.98 Å². The van der Waals surface area contributed by atoms with E-state index in [9.17, 15) is 4.79 Å². The van der Waals surface area contributed by atoms with Gasteiger partial charge in [-0.25, -0.2) is 0 Å². The monoisotopic (exact) mass is 447 g/mol. The quantitative estimate of drug-likeness (QED) is 0.566. The fourth-order valence-electron chi connectivity index (χ4n) is 4.02. The van der Waals surface area contributed by atoms with Crippen molar-refractivity contribution >= 4 is 34.1 Å². The highest BCUT2D eigenvalue weighted by molar-refractivity contribution is 6.31. The third-order valence-electron chi connectivity index (χ3n) is 5.37. The van der Waals surface area contributed by atoms with Crippen LogP contribution in [0.1, 0.15) is 28.9 Å². The Morgan fingerprint density at radius 2 is 1.97 bits per heavy atom. The topological polar surface area (TPSA) is 54.1 Å². The summed E-state index contributed by atoms with van der Waals surface area (Å²) in [6, 6.07) is 15.4. The van der Waals surface area contributed by atoms with E-state index in [0.717, 1.165) is 47.2 Å². The highest BCUT2D eigenvalue weighted by Crippen LogP contribution is 2.22. The molecule has 7 heteroatoms. The lowest BCUT2D eigenvalue weighted by atomic mass is 10.1. The molecule has 3 aromatic rings. The Morgan fingerprint density at radius 1 is 1.20 bits per heavy atom. The van der Waals surface area contributed by atoms with Crippen molar-refractivity contribution in [2.75, 3.05) is 32.6 Å². The van der Waals surface area contributed by atoms with E-state index in [1.54, 1.807) is 6.07 Å². The third-order valence-corrected chi connectivity index (χ3v) is 5.61. The molecule has 1 aliphatic heterocycles. The van der Waals surface area contributed by atoms with Gasteiger partial charge in [-0.3, -0.25) is 4.79 Å². The largest absolute Gasteiger partial charge is 1.00 e. The Morgan fingerprint density at radius 3 is 2.67 bits per heavy atom. The normalized spacial score (nSPS) is 16.4. The van der Waals surface area contributed by atoms with E-state index in [0.29, 0.717) is 16.8 Å². The average Bonchev–Trinajstić information content (AvgIpc) is 3.31. The van der Waals surface area contributed by atoms with Crippen LogP contribution in [0, 0.1) is 0 Å². The van der Waals surface area contributed by atoms with Crippen LogP contribution in [-0.4, -0.2) is 48.7 Å². The summed E-state index contributed by atoms with van der Waals surface area (Å²) in [6.45, 7) is 2.84. The van der Waals surface area contributed by atoms with Crippen molar-refractivity contribution in [3.8, 4) is 0 Å². The lowest BCUT2D eigenvalue weighted by Crippen LogP contribution is -3.00. The maximum Gasteiger partial charge on any atom is 0.272 e. The molecule has 5 nitrogen and oxygen atoms in total. The molecule has 2 aromatic carbocycles. The van der Waals surface area contributed by atoms with Gasteiger partial charge >= 0.3 is 0 Å². The van der Waals surface area contributed by atoms with Crippen LogP contribution in [0.2, 0.25) is 5.02 Å². The number of quaternary nitrogens is 1. The lowest BCUT2D eigenvalue weighted by Gasteiger charge is -2.32. The zero-order valence-electron chi connectivity index (χ0n) is 17.3. The van der Waals surface area contributed by atoms with E-state index in [4.69, 9.17) is 16.3 Å². The number of aromatic amines is 1. The van der Waals surface area contributed by atoms with Gasteiger partial charge in [0.05, 0.1) is 14.1 Å². The summed E-state index contributed by atoms with van der Waals surface area (Å²) in [5.74, 6) is -0.167. The maximum atomic E-state index is 12.6. The van der Waals surface area contributed by atoms with Crippen LogP contribution in [0.3, 0.4) is 0 Å². The molecule has 1 saturated heterocycles. The number of aromatic nitrogens is 1. The third kappa shape index (κ3) is 5.55. The molecule has 160 valence electrons. The van der Waals surface area contributed by atoms with Gasteiger partial charge in [0.15, 0.2) is 0 Å². The van der Waals surface area contributed by atoms with E-state index in [1.165, 1.54) is 12.0 Å². The molecular formula is C23H27Cl2N3O2. The summed E-state index contributed by atoms with van der Waals surface area (Å²) in [7, 11) is 4.47.